The van der Waals surface area contributed by atoms with Crippen LogP contribution in [0.2, 0.25) is 0 Å². The summed E-state index contributed by atoms with van der Waals surface area (Å²) in [6.07, 6.45) is 0.898. The van der Waals surface area contributed by atoms with Crippen molar-refractivity contribution in [2.75, 3.05) is 11.4 Å². The highest BCUT2D eigenvalue weighted by Gasteiger charge is 2.32. The second-order valence-electron chi connectivity index (χ2n) is 8.71. The predicted molar refractivity (Wildman–Crippen MR) is 126 cm³/mol. The monoisotopic (exact) mass is 412 g/mol. The fraction of sp³-hybridized carbons (Fsp3) is 0.308. The molecule has 2 aromatic carbocycles. The first kappa shape index (κ1) is 19.6. The van der Waals surface area contributed by atoms with Crippen LogP contribution in [-0.2, 0) is 13.6 Å². The number of para-hydroxylation sites is 1. The van der Waals surface area contributed by atoms with Crippen molar-refractivity contribution in [3.63, 3.8) is 0 Å². The van der Waals surface area contributed by atoms with Gasteiger partial charge in [-0.25, -0.2) is 4.68 Å². The molecule has 0 radical (unpaired) electrons. The maximum atomic E-state index is 13.8. The number of hydrogen-bond acceptors (Lipinski definition) is 2. The molecule has 158 valence electrons. The number of amides is 1. The van der Waals surface area contributed by atoms with Gasteiger partial charge in [-0.1, -0.05) is 56.3 Å². The molecule has 0 bridgehead atoms. The fourth-order valence-electron chi connectivity index (χ4n) is 4.86. The molecule has 0 saturated heterocycles. The van der Waals surface area contributed by atoms with Crippen molar-refractivity contribution in [1.29, 1.82) is 0 Å². The van der Waals surface area contributed by atoms with Gasteiger partial charge in [0.25, 0.3) is 5.91 Å². The van der Waals surface area contributed by atoms with Gasteiger partial charge in [0.05, 0.1) is 5.69 Å². The average molecular weight is 413 g/mol. The third-order valence-corrected chi connectivity index (χ3v) is 6.38. The average Bonchev–Trinajstić information content (AvgIpc) is 3.29. The number of nitrogens with zero attached hydrogens (tertiary/aromatic N) is 4. The van der Waals surface area contributed by atoms with Crippen molar-refractivity contribution in [3.05, 3.63) is 71.5 Å². The van der Waals surface area contributed by atoms with Crippen LogP contribution in [0.15, 0.2) is 54.6 Å². The van der Waals surface area contributed by atoms with Crippen LogP contribution in [0.4, 0.5) is 5.82 Å². The Morgan fingerprint density at radius 1 is 1.03 bits per heavy atom. The van der Waals surface area contributed by atoms with E-state index in [1.165, 1.54) is 11.1 Å². The fourth-order valence-corrected chi connectivity index (χ4v) is 4.86. The van der Waals surface area contributed by atoms with Crippen LogP contribution in [0.1, 0.15) is 47.9 Å². The summed E-state index contributed by atoms with van der Waals surface area (Å²) in [6, 6.07) is 18.6. The molecule has 0 fully saturated rings. The van der Waals surface area contributed by atoms with Crippen LogP contribution >= 0.6 is 0 Å². The van der Waals surface area contributed by atoms with Crippen molar-refractivity contribution >= 4 is 22.6 Å². The van der Waals surface area contributed by atoms with E-state index in [1.54, 1.807) is 0 Å². The Bertz CT molecular complexity index is 1290. The molecule has 4 aromatic rings. The molecule has 0 N–H and O–H groups in total. The van der Waals surface area contributed by atoms with E-state index in [2.05, 4.69) is 57.2 Å². The van der Waals surface area contributed by atoms with E-state index in [4.69, 9.17) is 5.10 Å². The Hall–Kier alpha value is -3.34. The number of benzene rings is 2. The summed E-state index contributed by atoms with van der Waals surface area (Å²) in [7, 11) is 1.97. The third kappa shape index (κ3) is 3.07. The van der Waals surface area contributed by atoms with Crippen LogP contribution in [0.25, 0.3) is 22.0 Å². The number of rotatable bonds is 3. The summed E-state index contributed by atoms with van der Waals surface area (Å²) >= 11 is 0. The van der Waals surface area contributed by atoms with Gasteiger partial charge in [0.15, 0.2) is 0 Å². The summed E-state index contributed by atoms with van der Waals surface area (Å²) in [5, 5.41) is 5.92. The normalized spacial score (nSPS) is 13.8. The lowest BCUT2D eigenvalue weighted by atomic mass is 9.92. The van der Waals surface area contributed by atoms with Gasteiger partial charge in [0.1, 0.15) is 11.5 Å². The standard InChI is InChI=1S/C26H28N4O/c1-17(2)20-11-6-7-12-21(20)24-18(3)27-30-15-9-14-29(25(24)30)26(31)23-16-19-10-5-8-13-22(19)28(23)4/h5-8,10-13,16-17H,9,14-15H2,1-4H3. The molecule has 0 atom stereocenters. The van der Waals surface area contributed by atoms with E-state index in [0.717, 1.165) is 40.9 Å². The molecule has 0 aliphatic carbocycles. The first-order valence-corrected chi connectivity index (χ1v) is 11.0. The summed E-state index contributed by atoms with van der Waals surface area (Å²) in [5.74, 6) is 1.34. The van der Waals surface area contributed by atoms with Crippen molar-refractivity contribution in [2.45, 2.75) is 39.7 Å². The minimum absolute atomic E-state index is 0.0304. The summed E-state index contributed by atoms with van der Waals surface area (Å²) in [5.41, 5.74) is 6.28. The number of carbonyl (C=O) groups is 1. The lowest BCUT2D eigenvalue weighted by Gasteiger charge is -2.29. The van der Waals surface area contributed by atoms with Gasteiger partial charge >= 0.3 is 0 Å². The van der Waals surface area contributed by atoms with Crippen LogP contribution in [0.3, 0.4) is 0 Å². The van der Waals surface area contributed by atoms with Gasteiger partial charge < -0.3 is 4.57 Å². The molecule has 5 rings (SSSR count). The predicted octanol–water partition coefficient (Wildman–Crippen LogP) is 5.52. The minimum atomic E-state index is 0.0304. The van der Waals surface area contributed by atoms with Crippen molar-refractivity contribution in [2.24, 2.45) is 7.05 Å². The number of carbonyl (C=O) groups excluding carboxylic acids is 1. The molecule has 1 amide bonds. The van der Waals surface area contributed by atoms with Crippen molar-refractivity contribution in [1.82, 2.24) is 14.3 Å². The molecule has 0 spiro atoms. The molecule has 3 heterocycles. The van der Waals surface area contributed by atoms with Gasteiger partial charge in [0.2, 0.25) is 0 Å². The zero-order chi connectivity index (χ0) is 21.7. The van der Waals surface area contributed by atoms with E-state index in [-0.39, 0.29) is 5.91 Å². The largest absolute Gasteiger partial charge is 0.340 e. The lowest BCUT2D eigenvalue weighted by molar-refractivity contribution is 0.0974. The first-order valence-electron chi connectivity index (χ1n) is 11.0. The highest BCUT2D eigenvalue weighted by atomic mass is 16.2. The van der Waals surface area contributed by atoms with Crippen LogP contribution in [0.5, 0.6) is 0 Å². The smallest absolute Gasteiger partial charge is 0.276 e. The number of aromatic nitrogens is 3. The highest BCUT2D eigenvalue weighted by Crippen LogP contribution is 2.40. The molecule has 1 aliphatic heterocycles. The molecule has 0 unspecified atom stereocenters. The van der Waals surface area contributed by atoms with Crippen LogP contribution < -0.4 is 4.90 Å². The maximum Gasteiger partial charge on any atom is 0.276 e. The van der Waals surface area contributed by atoms with E-state index in [0.29, 0.717) is 18.2 Å². The Morgan fingerprint density at radius 3 is 2.55 bits per heavy atom. The van der Waals surface area contributed by atoms with Crippen molar-refractivity contribution in [3.8, 4) is 11.1 Å². The Kier molecular flexibility index (Phi) is 4.69. The summed E-state index contributed by atoms with van der Waals surface area (Å²) < 4.78 is 4.02. The molecule has 2 aromatic heterocycles. The van der Waals surface area contributed by atoms with Gasteiger partial charge in [-0.05, 0) is 42.5 Å². The van der Waals surface area contributed by atoms with E-state index in [1.807, 2.05) is 39.4 Å². The van der Waals surface area contributed by atoms with Crippen LogP contribution in [-0.4, -0.2) is 26.8 Å². The molecule has 0 saturated carbocycles. The topological polar surface area (TPSA) is 43.1 Å². The first-order chi connectivity index (χ1) is 15.0. The quantitative estimate of drug-likeness (QED) is 0.444. The molecular weight excluding hydrogens is 384 g/mol. The van der Waals surface area contributed by atoms with Crippen molar-refractivity contribution < 1.29 is 4.79 Å². The zero-order valence-electron chi connectivity index (χ0n) is 18.6. The second-order valence-corrected chi connectivity index (χ2v) is 8.71. The number of hydrogen-bond donors (Lipinski definition) is 0. The van der Waals surface area contributed by atoms with E-state index < -0.39 is 0 Å². The van der Waals surface area contributed by atoms with Gasteiger partial charge in [0, 0.05) is 36.6 Å². The van der Waals surface area contributed by atoms with Gasteiger partial charge in [-0.3, -0.25) is 9.69 Å². The summed E-state index contributed by atoms with van der Waals surface area (Å²) in [6.45, 7) is 8.00. The number of aryl methyl sites for hydroxylation is 3. The SMILES string of the molecule is Cc1nn2c(c1-c1ccccc1C(C)C)N(C(=O)c1cc3ccccc3n1C)CCC2. The van der Waals surface area contributed by atoms with Gasteiger partial charge in [-0.2, -0.15) is 5.10 Å². The second kappa shape index (κ2) is 7.41. The Morgan fingerprint density at radius 2 is 1.77 bits per heavy atom. The molecule has 5 nitrogen and oxygen atoms in total. The van der Waals surface area contributed by atoms with E-state index in [9.17, 15) is 4.79 Å². The Labute approximate surface area is 182 Å². The highest BCUT2D eigenvalue weighted by molar-refractivity contribution is 6.09. The number of anilines is 1. The van der Waals surface area contributed by atoms with E-state index >= 15 is 0 Å². The lowest BCUT2D eigenvalue weighted by Crippen LogP contribution is -2.38. The number of fused-ring (bicyclic) bond motifs is 2. The Balaban J connectivity index is 1.67. The third-order valence-electron chi connectivity index (χ3n) is 6.38. The molecular formula is C26H28N4O. The van der Waals surface area contributed by atoms with Gasteiger partial charge in [-0.15, -0.1) is 0 Å². The molecule has 1 aliphatic rings. The maximum absolute atomic E-state index is 13.8. The zero-order valence-corrected chi connectivity index (χ0v) is 18.6. The summed E-state index contributed by atoms with van der Waals surface area (Å²) in [4.78, 5) is 15.8. The minimum Gasteiger partial charge on any atom is -0.340 e. The molecule has 5 heteroatoms. The van der Waals surface area contributed by atoms with Crippen LogP contribution in [0, 0.1) is 6.92 Å². The molecule has 31 heavy (non-hydrogen) atoms.